The molecular weight excluding hydrogens is 474 g/mol. The maximum Gasteiger partial charge on any atom is 0.244 e. The number of rotatable bonds is 10. The van der Waals surface area contributed by atoms with Gasteiger partial charge in [-0.05, 0) is 17.7 Å². The Hall–Kier alpha value is -4.17. The third-order valence-corrected chi connectivity index (χ3v) is 6.35. The molecule has 36 heavy (non-hydrogen) atoms. The Bertz CT molecular complexity index is 1310. The Morgan fingerprint density at radius 3 is 2.36 bits per heavy atom. The Balaban J connectivity index is 1.51. The Morgan fingerprint density at radius 2 is 1.67 bits per heavy atom. The average Bonchev–Trinajstić information content (AvgIpc) is 3.38. The highest BCUT2D eigenvalue weighted by Gasteiger charge is 2.21. The van der Waals surface area contributed by atoms with E-state index in [1.807, 2.05) is 66.0 Å². The second kappa shape index (κ2) is 12.0. The predicted molar refractivity (Wildman–Crippen MR) is 141 cm³/mol. The van der Waals surface area contributed by atoms with Crippen molar-refractivity contribution in [1.82, 2.24) is 9.88 Å². The summed E-state index contributed by atoms with van der Waals surface area (Å²) in [6, 6.07) is 24.5. The monoisotopic (exact) mass is 501 g/mol. The fourth-order valence-corrected chi connectivity index (χ4v) is 4.49. The molecule has 0 aliphatic heterocycles. The van der Waals surface area contributed by atoms with Crippen LogP contribution in [0.15, 0.2) is 84.2 Å². The van der Waals surface area contributed by atoms with Crippen LogP contribution < -0.4 is 14.8 Å². The summed E-state index contributed by atoms with van der Waals surface area (Å²) in [7, 11) is 3.08. The zero-order chi connectivity index (χ0) is 25.3. The lowest BCUT2D eigenvalue weighted by molar-refractivity contribution is -0.134. The smallest absolute Gasteiger partial charge is 0.244 e. The first-order valence-corrected chi connectivity index (χ1v) is 12.3. The van der Waals surface area contributed by atoms with E-state index in [1.165, 1.54) is 23.3 Å². The molecule has 0 radical (unpaired) electrons. The molecule has 0 spiro atoms. The summed E-state index contributed by atoms with van der Waals surface area (Å²) in [5, 5.41) is 5.57. The lowest BCUT2D eigenvalue weighted by Gasteiger charge is -2.22. The van der Waals surface area contributed by atoms with Crippen molar-refractivity contribution >= 4 is 28.8 Å². The van der Waals surface area contributed by atoms with Crippen molar-refractivity contribution in [3.8, 4) is 22.8 Å². The van der Waals surface area contributed by atoms with Gasteiger partial charge < -0.3 is 19.7 Å². The number of hydrogen-bond donors (Lipinski definition) is 1. The average molecular weight is 502 g/mol. The molecule has 4 rings (SSSR count). The molecule has 1 N–H and O–H groups in total. The molecule has 1 aromatic heterocycles. The van der Waals surface area contributed by atoms with Crippen molar-refractivity contribution < 1.29 is 19.1 Å². The van der Waals surface area contributed by atoms with Gasteiger partial charge in [-0.1, -0.05) is 60.7 Å². The van der Waals surface area contributed by atoms with Crippen LogP contribution in [0.2, 0.25) is 0 Å². The van der Waals surface area contributed by atoms with Crippen LogP contribution in [0.4, 0.5) is 5.69 Å². The summed E-state index contributed by atoms with van der Waals surface area (Å²) in [4.78, 5) is 32.5. The molecule has 0 fully saturated rings. The van der Waals surface area contributed by atoms with Crippen molar-refractivity contribution in [2.45, 2.75) is 13.0 Å². The van der Waals surface area contributed by atoms with Crippen molar-refractivity contribution in [2.75, 3.05) is 26.1 Å². The molecule has 0 saturated carbocycles. The van der Waals surface area contributed by atoms with Crippen molar-refractivity contribution in [2.24, 2.45) is 0 Å². The quantitative estimate of drug-likeness (QED) is 0.329. The number of aromatic nitrogens is 1. The summed E-state index contributed by atoms with van der Waals surface area (Å²) in [5.41, 5.74) is 3.23. The van der Waals surface area contributed by atoms with Crippen LogP contribution >= 0.6 is 11.3 Å². The molecule has 1 heterocycles. The van der Waals surface area contributed by atoms with E-state index in [0.29, 0.717) is 17.2 Å². The van der Waals surface area contributed by atoms with Crippen LogP contribution in [-0.4, -0.2) is 42.5 Å². The SMILES string of the molecule is COc1ccc(NC(=O)CN(Cc2nc(-c3ccccc3)cs2)C(=O)Cc2ccccc2)c(OC)c1. The van der Waals surface area contributed by atoms with E-state index >= 15 is 0 Å². The van der Waals surface area contributed by atoms with Crippen LogP contribution in [0.25, 0.3) is 11.3 Å². The molecule has 7 nitrogen and oxygen atoms in total. The third-order valence-electron chi connectivity index (χ3n) is 5.52. The van der Waals surface area contributed by atoms with Crippen molar-refractivity contribution in [3.63, 3.8) is 0 Å². The van der Waals surface area contributed by atoms with E-state index in [-0.39, 0.29) is 31.3 Å². The number of thiazole rings is 1. The topological polar surface area (TPSA) is 80.8 Å². The number of amides is 2. The molecule has 0 unspecified atom stereocenters. The Labute approximate surface area is 214 Å². The molecule has 0 atom stereocenters. The second-order valence-corrected chi connectivity index (χ2v) is 8.96. The standard InChI is InChI=1S/C28H27N3O4S/c1-34-22-13-14-23(25(16-22)35-2)29-26(32)17-31(28(33)15-20-9-5-3-6-10-20)18-27-30-24(19-36-27)21-11-7-4-8-12-21/h3-14,16,19H,15,17-18H2,1-2H3,(H,29,32). The molecule has 4 aromatic rings. The van der Waals surface area contributed by atoms with Gasteiger partial charge in [-0.25, -0.2) is 4.98 Å². The Morgan fingerprint density at radius 1 is 0.944 bits per heavy atom. The number of nitrogens with zero attached hydrogens (tertiary/aromatic N) is 2. The zero-order valence-corrected chi connectivity index (χ0v) is 21.0. The van der Waals surface area contributed by atoms with Crippen LogP contribution in [0, 0.1) is 0 Å². The van der Waals surface area contributed by atoms with Gasteiger partial charge in [-0.2, -0.15) is 0 Å². The van der Waals surface area contributed by atoms with E-state index in [4.69, 9.17) is 14.5 Å². The number of methoxy groups -OCH3 is 2. The third kappa shape index (κ3) is 6.49. The molecule has 0 aliphatic carbocycles. The minimum Gasteiger partial charge on any atom is -0.497 e. The second-order valence-electron chi connectivity index (χ2n) is 8.02. The van der Waals surface area contributed by atoms with Gasteiger partial charge in [0, 0.05) is 17.0 Å². The minimum absolute atomic E-state index is 0.124. The zero-order valence-electron chi connectivity index (χ0n) is 20.1. The Kier molecular flexibility index (Phi) is 8.31. The fourth-order valence-electron chi connectivity index (χ4n) is 3.67. The number of carbonyl (C=O) groups is 2. The van der Waals surface area contributed by atoms with Gasteiger partial charge in [-0.3, -0.25) is 9.59 Å². The molecule has 0 aliphatic rings. The first-order chi connectivity index (χ1) is 17.6. The summed E-state index contributed by atoms with van der Waals surface area (Å²) in [5.74, 6) is 0.592. The normalized spacial score (nSPS) is 10.5. The fraction of sp³-hybridized carbons (Fsp3) is 0.179. The minimum atomic E-state index is -0.334. The first kappa shape index (κ1) is 24.9. The maximum atomic E-state index is 13.3. The van der Waals surface area contributed by atoms with Gasteiger partial charge in [0.25, 0.3) is 0 Å². The van der Waals surface area contributed by atoms with Gasteiger partial charge in [0.2, 0.25) is 11.8 Å². The van der Waals surface area contributed by atoms with Gasteiger partial charge in [0.1, 0.15) is 23.1 Å². The van der Waals surface area contributed by atoms with Gasteiger partial charge >= 0.3 is 0 Å². The van der Waals surface area contributed by atoms with E-state index < -0.39 is 0 Å². The van der Waals surface area contributed by atoms with Gasteiger partial charge in [0.15, 0.2) is 0 Å². The number of nitrogens with one attached hydrogen (secondary N) is 1. The van der Waals surface area contributed by atoms with E-state index in [0.717, 1.165) is 21.8 Å². The molecule has 0 saturated heterocycles. The number of carbonyl (C=O) groups excluding carboxylic acids is 2. The molecule has 8 heteroatoms. The summed E-state index contributed by atoms with van der Waals surface area (Å²) in [6.07, 6.45) is 0.191. The van der Waals surface area contributed by atoms with E-state index in [2.05, 4.69) is 5.32 Å². The number of ether oxygens (including phenoxy) is 2. The molecule has 3 aromatic carbocycles. The highest BCUT2D eigenvalue weighted by molar-refractivity contribution is 7.09. The van der Waals surface area contributed by atoms with Crippen molar-refractivity contribution in [3.05, 3.63) is 94.8 Å². The molecule has 2 amide bonds. The largest absolute Gasteiger partial charge is 0.497 e. The van der Waals surface area contributed by atoms with Crippen LogP contribution in [-0.2, 0) is 22.6 Å². The van der Waals surface area contributed by atoms with Crippen LogP contribution in [0.3, 0.4) is 0 Å². The van der Waals surface area contributed by atoms with E-state index in [1.54, 1.807) is 25.3 Å². The van der Waals surface area contributed by atoms with Crippen LogP contribution in [0.1, 0.15) is 10.6 Å². The highest BCUT2D eigenvalue weighted by Crippen LogP contribution is 2.29. The van der Waals surface area contributed by atoms with Crippen LogP contribution in [0.5, 0.6) is 11.5 Å². The van der Waals surface area contributed by atoms with Gasteiger partial charge in [0.05, 0.1) is 38.6 Å². The predicted octanol–water partition coefficient (Wildman–Crippen LogP) is 5.04. The summed E-state index contributed by atoms with van der Waals surface area (Å²) in [6.45, 7) is 0.109. The number of anilines is 1. The maximum absolute atomic E-state index is 13.3. The number of benzene rings is 3. The van der Waals surface area contributed by atoms with E-state index in [9.17, 15) is 9.59 Å². The first-order valence-electron chi connectivity index (χ1n) is 11.4. The molecule has 0 bridgehead atoms. The summed E-state index contributed by atoms with van der Waals surface area (Å²) < 4.78 is 10.6. The lowest BCUT2D eigenvalue weighted by atomic mass is 10.1. The van der Waals surface area contributed by atoms with Crippen molar-refractivity contribution in [1.29, 1.82) is 0 Å². The number of hydrogen-bond acceptors (Lipinski definition) is 6. The lowest BCUT2D eigenvalue weighted by Crippen LogP contribution is -2.38. The molecule has 184 valence electrons. The highest BCUT2D eigenvalue weighted by atomic mass is 32.1. The van der Waals surface area contributed by atoms with Gasteiger partial charge in [-0.15, -0.1) is 11.3 Å². The molecular formula is C28H27N3O4S. The summed E-state index contributed by atoms with van der Waals surface area (Å²) >= 11 is 1.47.